The molecule has 2 heteroatoms. The maximum absolute atomic E-state index is 8.41. The van der Waals surface area contributed by atoms with Crippen molar-refractivity contribution in [2.75, 3.05) is 6.61 Å². The molecule has 1 heterocycles. The molecule has 10 heavy (non-hydrogen) atoms. The van der Waals surface area contributed by atoms with Gasteiger partial charge < -0.3 is 5.11 Å². The Bertz CT molecular complexity index is 189. The van der Waals surface area contributed by atoms with Crippen molar-refractivity contribution >= 4 is 11.3 Å². The molecule has 1 N–H and O–H groups in total. The molecule has 1 rings (SSSR count). The zero-order chi connectivity index (χ0) is 7.23. The summed E-state index contributed by atoms with van der Waals surface area (Å²) in [6, 6.07) is 4.12. The lowest BCUT2D eigenvalue weighted by molar-refractivity contribution is 0.342. The Morgan fingerprint density at radius 1 is 1.50 bits per heavy atom. The molecule has 0 unspecified atom stereocenters. The molecule has 0 saturated carbocycles. The van der Waals surface area contributed by atoms with E-state index in [1.54, 1.807) is 17.4 Å². The van der Waals surface area contributed by atoms with Gasteiger partial charge in [-0.05, 0) is 17.9 Å². The second-order valence-corrected chi connectivity index (χ2v) is 2.97. The molecule has 1 nitrogen and oxygen atoms in total. The smallest absolute Gasteiger partial charge is 0.0612 e. The van der Waals surface area contributed by atoms with Crippen molar-refractivity contribution in [1.82, 2.24) is 0 Å². The van der Waals surface area contributed by atoms with Crippen molar-refractivity contribution in [2.45, 2.75) is 6.42 Å². The SMILES string of the molecule is OC/C=C/Cc1cccs1. The largest absolute Gasteiger partial charge is 0.392 e. The minimum absolute atomic E-state index is 0.144. The monoisotopic (exact) mass is 154 g/mol. The van der Waals surface area contributed by atoms with Crippen LogP contribution in [0.5, 0.6) is 0 Å². The average Bonchev–Trinajstić information content (AvgIpc) is 2.41. The fourth-order valence-electron chi connectivity index (χ4n) is 0.703. The predicted molar refractivity (Wildman–Crippen MR) is 44.2 cm³/mol. The van der Waals surface area contributed by atoms with Crippen molar-refractivity contribution in [3.63, 3.8) is 0 Å². The van der Waals surface area contributed by atoms with Gasteiger partial charge in [0.15, 0.2) is 0 Å². The highest BCUT2D eigenvalue weighted by Crippen LogP contribution is 2.08. The van der Waals surface area contributed by atoms with Crippen molar-refractivity contribution in [3.8, 4) is 0 Å². The van der Waals surface area contributed by atoms with E-state index in [1.165, 1.54) is 4.88 Å². The van der Waals surface area contributed by atoms with Gasteiger partial charge in [-0.2, -0.15) is 0 Å². The molecule has 1 aromatic heterocycles. The molecule has 0 aliphatic heterocycles. The molecule has 0 fully saturated rings. The summed E-state index contributed by atoms with van der Waals surface area (Å²) in [7, 11) is 0. The summed E-state index contributed by atoms with van der Waals surface area (Å²) in [5, 5.41) is 10.5. The van der Waals surface area contributed by atoms with E-state index < -0.39 is 0 Å². The van der Waals surface area contributed by atoms with Crippen molar-refractivity contribution in [1.29, 1.82) is 0 Å². The van der Waals surface area contributed by atoms with Crippen LogP contribution < -0.4 is 0 Å². The van der Waals surface area contributed by atoms with E-state index in [9.17, 15) is 0 Å². The molecule has 0 bridgehead atoms. The van der Waals surface area contributed by atoms with E-state index >= 15 is 0 Å². The summed E-state index contributed by atoms with van der Waals surface area (Å²) in [4.78, 5) is 1.34. The number of hydrogen-bond donors (Lipinski definition) is 1. The highest BCUT2D eigenvalue weighted by atomic mass is 32.1. The van der Waals surface area contributed by atoms with Gasteiger partial charge in [-0.15, -0.1) is 11.3 Å². The van der Waals surface area contributed by atoms with Crippen LogP contribution in [0.4, 0.5) is 0 Å². The van der Waals surface area contributed by atoms with Crippen LogP contribution in [-0.4, -0.2) is 11.7 Å². The van der Waals surface area contributed by atoms with Crippen LogP contribution in [0.1, 0.15) is 4.88 Å². The van der Waals surface area contributed by atoms with E-state index in [1.807, 2.05) is 12.1 Å². The molecule has 0 atom stereocenters. The molecule has 54 valence electrons. The summed E-state index contributed by atoms with van der Waals surface area (Å²) in [6.07, 6.45) is 4.68. The molecule has 0 aliphatic carbocycles. The molecule has 0 aromatic carbocycles. The van der Waals surface area contributed by atoms with E-state index in [0.29, 0.717) is 0 Å². The second kappa shape index (κ2) is 4.25. The Morgan fingerprint density at radius 2 is 2.40 bits per heavy atom. The third-order valence-corrected chi connectivity index (χ3v) is 2.07. The van der Waals surface area contributed by atoms with Gasteiger partial charge in [0.05, 0.1) is 6.61 Å². The average molecular weight is 154 g/mol. The van der Waals surface area contributed by atoms with Crippen molar-refractivity contribution in [2.24, 2.45) is 0 Å². The third-order valence-electron chi connectivity index (χ3n) is 1.17. The number of thiophene rings is 1. The minimum atomic E-state index is 0.144. The van der Waals surface area contributed by atoms with Gasteiger partial charge in [-0.3, -0.25) is 0 Å². The Morgan fingerprint density at radius 3 is 3.00 bits per heavy atom. The Labute approximate surface area is 64.6 Å². The summed E-state index contributed by atoms with van der Waals surface area (Å²) < 4.78 is 0. The quantitative estimate of drug-likeness (QED) is 0.659. The van der Waals surface area contributed by atoms with E-state index in [-0.39, 0.29) is 6.61 Å². The lowest BCUT2D eigenvalue weighted by Gasteiger charge is -1.84. The van der Waals surface area contributed by atoms with Crippen molar-refractivity contribution in [3.05, 3.63) is 34.5 Å². The summed E-state index contributed by atoms with van der Waals surface area (Å²) >= 11 is 1.74. The van der Waals surface area contributed by atoms with Gasteiger partial charge in [0, 0.05) is 4.88 Å². The van der Waals surface area contributed by atoms with Crippen molar-refractivity contribution < 1.29 is 5.11 Å². The summed E-state index contributed by atoms with van der Waals surface area (Å²) in [6.45, 7) is 0.144. The van der Waals surface area contributed by atoms with E-state index in [4.69, 9.17) is 5.11 Å². The highest BCUT2D eigenvalue weighted by Gasteiger charge is 1.86. The van der Waals surface area contributed by atoms with Crippen LogP contribution in [0.15, 0.2) is 29.7 Å². The fraction of sp³-hybridized carbons (Fsp3) is 0.250. The standard InChI is InChI=1S/C8H10OS/c9-6-2-1-4-8-5-3-7-10-8/h1-3,5,7,9H,4,6H2/b2-1+. The maximum Gasteiger partial charge on any atom is 0.0612 e. The van der Waals surface area contributed by atoms with Gasteiger partial charge in [0.25, 0.3) is 0 Å². The molecule has 1 aromatic rings. The first kappa shape index (κ1) is 7.51. The number of hydrogen-bond acceptors (Lipinski definition) is 2. The van der Waals surface area contributed by atoms with Crippen LogP contribution in [0.3, 0.4) is 0 Å². The molecule has 0 aliphatic rings. The van der Waals surface area contributed by atoms with Crippen LogP contribution in [0.25, 0.3) is 0 Å². The van der Waals surface area contributed by atoms with Gasteiger partial charge in [-0.25, -0.2) is 0 Å². The number of aliphatic hydroxyl groups excluding tert-OH is 1. The first-order valence-corrected chi connectivity index (χ1v) is 4.09. The predicted octanol–water partition coefficient (Wildman–Crippen LogP) is 1.84. The first-order chi connectivity index (χ1) is 4.93. The summed E-state index contributed by atoms with van der Waals surface area (Å²) in [5.41, 5.74) is 0. The molecular formula is C8H10OS. The van der Waals surface area contributed by atoms with Gasteiger partial charge >= 0.3 is 0 Å². The molecule has 0 radical (unpaired) electrons. The topological polar surface area (TPSA) is 20.2 Å². The Hall–Kier alpha value is -0.600. The van der Waals surface area contributed by atoms with Gasteiger partial charge in [0.1, 0.15) is 0 Å². The first-order valence-electron chi connectivity index (χ1n) is 3.21. The Balaban J connectivity index is 2.34. The lowest BCUT2D eigenvalue weighted by atomic mass is 10.3. The van der Waals surface area contributed by atoms with Crippen LogP contribution >= 0.6 is 11.3 Å². The van der Waals surface area contributed by atoms with E-state index in [0.717, 1.165) is 6.42 Å². The number of allylic oxidation sites excluding steroid dienone is 1. The van der Waals surface area contributed by atoms with Crippen LogP contribution in [-0.2, 0) is 6.42 Å². The zero-order valence-electron chi connectivity index (χ0n) is 5.66. The van der Waals surface area contributed by atoms with E-state index in [2.05, 4.69) is 11.4 Å². The number of rotatable bonds is 3. The minimum Gasteiger partial charge on any atom is -0.392 e. The van der Waals surface area contributed by atoms with Crippen LogP contribution in [0, 0.1) is 0 Å². The third kappa shape index (κ3) is 2.33. The molecule has 0 amide bonds. The number of aliphatic hydroxyl groups is 1. The maximum atomic E-state index is 8.41. The van der Waals surface area contributed by atoms with Crippen LogP contribution in [0.2, 0.25) is 0 Å². The molecule has 0 spiro atoms. The second-order valence-electron chi connectivity index (χ2n) is 1.94. The normalized spacial score (nSPS) is 10.9. The summed E-state index contributed by atoms with van der Waals surface area (Å²) in [5.74, 6) is 0. The highest BCUT2D eigenvalue weighted by molar-refractivity contribution is 7.09. The van der Waals surface area contributed by atoms with Gasteiger partial charge in [0.2, 0.25) is 0 Å². The molecular weight excluding hydrogens is 144 g/mol. The zero-order valence-corrected chi connectivity index (χ0v) is 6.47. The fourth-order valence-corrected chi connectivity index (χ4v) is 1.38. The van der Waals surface area contributed by atoms with Gasteiger partial charge in [-0.1, -0.05) is 18.2 Å². The Kier molecular flexibility index (Phi) is 3.19. The molecule has 0 saturated heterocycles. The lowest BCUT2D eigenvalue weighted by Crippen LogP contribution is -1.74.